The summed E-state index contributed by atoms with van der Waals surface area (Å²) < 4.78 is 2.36. The van der Waals surface area contributed by atoms with E-state index in [0.29, 0.717) is 11.3 Å². The van der Waals surface area contributed by atoms with Crippen LogP contribution in [0.2, 0.25) is 0 Å². The molecule has 4 aromatic heterocycles. The summed E-state index contributed by atoms with van der Waals surface area (Å²) in [5.74, 6) is 0.187. The molecule has 312 valence electrons. The largest absolute Gasteiger partial charge is 0.507 e. The van der Waals surface area contributed by atoms with Gasteiger partial charge in [0.15, 0.2) is 0 Å². The summed E-state index contributed by atoms with van der Waals surface area (Å²) in [6.07, 6.45) is 3.74. The molecule has 6 aromatic carbocycles. The number of hydrogen-bond acceptors (Lipinski definition) is 4. The summed E-state index contributed by atoms with van der Waals surface area (Å²) >= 11 is 0. The zero-order valence-corrected chi connectivity index (χ0v) is 38.5. The number of pyridine rings is 3. The Bertz CT molecular complexity index is 3320. The Morgan fingerprint density at radius 2 is 1.16 bits per heavy atom. The second-order valence-electron chi connectivity index (χ2n) is 18.3. The van der Waals surface area contributed by atoms with E-state index < -0.39 is 0 Å². The molecule has 0 spiro atoms. The third-order valence-corrected chi connectivity index (χ3v) is 12.0. The zero-order chi connectivity index (χ0) is 42.8. The van der Waals surface area contributed by atoms with Crippen molar-refractivity contribution in [2.24, 2.45) is 0 Å². The number of phenolic OH excluding ortho intramolecular Hbond substituents is 1. The number of hydrogen-bond donors (Lipinski definition) is 1. The molecule has 5 nitrogen and oxygen atoms in total. The van der Waals surface area contributed by atoms with E-state index >= 15 is 0 Å². The fourth-order valence-electron chi connectivity index (χ4n) is 8.55. The van der Waals surface area contributed by atoms with Gasteiger partial charge in [0.05, 0.1) is 22.2 Å². The van der Waals surface area contributed by atoms with Crippen LogP contribution in [0.25, 0.3) is 94.4 Å². The van der Waals surface area contributed by atoms with Crippen LogP contribution in [-0.4, -0.2) is 24.6 Å². The molecule has 6 heteroatoms. The minimum Gasteiger partial charge on any atom is -0.507 e. The molecular weight excluding hydrogens is 952 g/mol. The van der Waals surface area contributed by atoms with Crippen molar-refractivity contribution in [3.8, 4) is 67.5 Å². The molecule has 0 fully saturated rings. The minimum atomic E-state index is -0.0495. The SMILES string of the molecule is CC(C)(C)c1cc(-c2cc(-c3[c-]c(-c4cc(-c5cccc6c7ccccc7n(-c7ccc8cccnc8c7)c56)ccn4)ccc3)nc(-c3ccccc3O)c2)cc(C(C)(C)C)c1.[Pt]. The van der Waals surface area contributed by atoms with E-state index in [1.54, 1.807) is 6.07 Å². The number of aromatic hydroxyl groups is 1. The maximum atomic E-state index is 11.1. The van der Waals surface area contributed by atoms with Crippen molar-refractivity contribution < 1.29 is 26.2 Å². The average molecular weight is 999 g/mol. The van der Waals surface area contributed by atoms with E-state index in [0.717, 1.165) is 72.4 Å². The van der Waals surface area contributed by atoms with Gasteiger partial charge in [0.1, 0.15) is 5.75 Å². The molecule has 0 amide bonds. The van der Waals surface area contributed by atoms with Gasteiger partial charge in [0, 0.05) is 77.8 Å². The summed E-state index contributed by atoms with van der Waals surface area (Å²) in [6.45, 7) is 13.6. The number of benzene rings is 6. The Balaban J connectivity index is 0.00000504. The molecule has 0 radical (unpaired) electrons. The van der Waals surface area contributed by atoms with Gasteiger partial charge in [-0.05, 0) is 87.2 Å². The van der Waals surface area contributed by atoms with Crippen molar-refractivity contribution in [2.75, 3.05) is 0 Å². The van der Waals surface area contributed by atoms with Crippen LogP contribution in [0.15, 0.2) is 170 Å². The number of aromatic nitrogens is 4. The fourth-order valence-corrected chi connectivity index (χ4v) is 8.55. The summed E-state index contributed by atoms with van der Waals surface area (Å²) in [7, 11) is 0. The maximum Gasteiger partial charge on any atom is 0.124 e. The summed E-state index contributed by atoms with van der Waals surface area (Å²) in [6, 6.07) is 58.5. The van der Waals surface area contributed by atoms with Gasteiger partial charge in [-0.2, -0.15) is 0 Å². The predicted molar refractivity (Wildman–Crippen MR) is 257 cm³/mol. The zero-order valence-electron chi connectivity index (χ0n) is 36.2. The van der Waals surface area contributed by atoms with Crippen LogP contribution in [0.5, 0.6) is 5.75 Å². The first-order valence-corrected chi connectivity index (χ1v) is 21.2. The maximum absolute atomic E-state index is 11.1. The summed E-state index contributed by atoms with van der Waals surface area (Å²) in [5.41, 5.74) is 15.6. The molecule has 0 atom stereocenters. The van der Waals surface area contributed by atoms with Crippen LogP contribution in [-0.2, 0) is 31.9 Å². The van der Waals surface area contributed by atoms with E-state index in [-0.39, 0.29) is 37.6 Å². The van der Waals surface area contributed by atoms with Gasteiger partial charge in [-0.3, -0.25) is 15.0 Å². The van der Waals surface area contributed by atoms with Gasteiger partial charge in [0.2, 0.25) is 0 Å². The Morgan fingerprint density at radius 3 is 1.94 bits per heavy atom. The number of rotatable bonds is 6. The normalized spacial score (nSPS) is 11.9. The molecule has 0 saturated heterocycles. The standard InChI is InChI=1S/C57H47N4O.Pt/c1-56(2,3)42-29-40(30-43(34-42)57(4,5)6)41-32-51(60-52(33-41)48-18-8-10-22-54(48)62)39-15-11-14-38(28-39)49-31-37(25-27-59-49)45-19-12-20-47-46-17-7-9-21-53(46)61(55(45)47)44-24-23-36-16-13-26-58-50(36)35-44;/h7-27,29-35,62H,1-6H3;/q-1;. The molecule has 0 aliphatic heterocycles. The number of nitrogens with zero attached hydrogens (tertiary/aromatic N) is 4. The van der Waals surface area contributed by atoms with Crippen LogP contribution >= 0.6 is 0 Å². The van der Waals surface area contributed by atoms with Crippen molar-refractivity contribution in [2.45, 2.75) is 52.4 Å². The average Bonchev–Trinajstić information content (AvgIpc) is 3.63. The number of fused-ring (bicyclic) bond motifs is 4. The summed E-state index contributed by atoms with van der Waals surface area (Å²) in [5, 5.41) is 14.6. The Labute approximate surface area is 383 Å². The van der Waals surface area contributed by atoms with Crippen LogP contribution < -0.4 is 0 Å². The van der Waals surface area contributed by atoms with Crippen molar-refractivity contribution in [1.82, 2.24) is 19.5 Å². The molecule has 1 N–H and O–H groups in total. The van der Waals surface area contributed by atoms with Crippen molar-refractivity contribution in [1.29, 1.82) is 0 Å². The molecule has 10 rings (SSSR count). The van der Waals surface area contributed by atoms with Gasteiger partial charge in [-0.1, -0.05) is 144 Å². The van der Waals surface area contributed by atoms with Gasteiger partial charge in [-0.25, -0.2) is 0 Å². The Hall–Kier alpha value is -6.68. The molecular formula is C57H47N4OPt-. The van der Waals surface area contributed by atoms with Crippen molar-refractivity contribution in [3.63, 3.8) is 0 Å². The van der Waals surface area contributed by atoms with Crippen LogP contribution in [0.3, 0.4) is 0 Å². The van der Waals surface area contributed by atoms with Crippen molar-refractivity contribution in [3.05, 3.63) is 187 Å². The van der Waals surface area contributed by atoms with E-state index in [1.807, 2.05) is 42.7 Å². The molecule has 10 aromatic rings. The van der Waals surface area contributed by atoms with Gasteiger partial charge in [-0.15, -0.1) is 24.3 Å². The first-order chi connectivity index (χ1) is 29.9. The molecule has 0 aliphatic carbocycles. The van der Waals surface area contributed by atoms with E-state index in [4.69, 9.17) is 15.0 Å². The molecule has 0 aliphatic rings. The molecule has 4 heterocycles. The third kappa shape index (κ3) is 7.87. The number of para-hydroxylation sites is 3. The minimum absolute atomic E-state index is 0. The van der Waals surface area contributed by atoms with E-state index in [1.165, 1.54) is 21.9 Å². The fraction of sp³-hybridized carbons (Fsp3) is 0.140. The molecule has 0 unspecified atom stereocenters. The van der Waals surface area contributed by atoms with Crippen LogP contribution in [0.1, 0.15) is 52.7 Å². The Morgan fingerprint density at radius 1 is 0.508 bits per heavy atom. The third-order valence-electron chi connectivity index (χ3n) is 12.0. The second-order valence-corrected chi connectivity index (χ2v) is 18.3. The van der Waals surface area contributed by atoms with Gasteiger partial charge < -0.3 is 9.67 Å². The van der Waals surface area contributed by atoms with Gasteiger partial charge in [0.25, 0.3) is 0 Å². The monoisotopic (exact) mass is 998 g/mol. The summed E-state index contributed by atoms with van der Waals surface area (Å²) in [4.78, 5) is 14.8. The predicted octanol–water partition coefficient (Wildman–Crippen LogP) is 14.6. The van der Waals surface area contributed by atoms with Crippen LogP contribution in [0.4, 0.5) is 0 Å². The molecule has 0 saturated carbocycles. The molecule has 0 bridgehead atoms. The number of phenols is 1. The second kappa shape index (κ2) is 16.2. The first kappa shape index (κ1) is 41.7. The smallest absolute Gasteiger partial charge is 0.124 e. The quantitative estimate of drug-likeness (QED) is 0.169. The first-order valence-electron chi connectivity index (χ1n) is 21.2. The van der Waals surface area contributed by atoms with E-state index in [2.05, 4.69) is 174 Å². The topological polar surface area (TPSA) is 63.8 Å². The van der Waals surface area contributed by atoms with Crippen molar-refractivity contribution >= 4 is 32.7 Å². The van der Waals surface area contributed by atoms with E-state index in [9.17, 15) is 5.11 Å². The Kier molecular flexibility index (Phi) is 10.7. The van der Waals surface area contributed by atoms with Crippen LogP contribution in [0, 0.1) is 6.07 Å². The molecule has 63 heavy (non-hydrogen) atoms. The van der Waals surface area contributed by atoms with Gasteiger partial charge >= 0.3 is 0 Å².